The third kappa shape index (κ3) is 2.57. The number of carbonyl (C=O) groups is 1. The highest BCUT2D eigenvalue weighted by Gasteiger charge is 2.09. The van der Waals surface area contributed by atoms with Crippen molar-refractivity contribution in [1.29, 1.82) is 0 Å². The van der Waals surface area contributed by atoms with E-state index in [1.54, 1.807) is 13.0 Å². The molecule has 6 heteroatoms. The summed E-state index contributed by atoms with van der Waals surface area (Å²) in [6.45, 7) is 1.75. The molecule has 2 rings (SSSR count). The van der Waals surface area contributed by atoms with Crippen LogP contribution in [0.5, 0.6) is 11.6 Å². The fourth-order valence-electron chi connectivity index (χ4n) is 1.38. The molecule has 0 atom stereocenters. The summed E-state index contributed by atoms with van der Waals surface area (Å²) in [5, 5.41) is 9.14. The zero-order valence-corrected chi connectivity index (χ0v) is 10.2. The highest BCUT2D eigenvalue weighted by molar-refractivity contribution is 6.31. The molecule has 1 aromatic heterocycles. The topological polar surface area (TPSA) is 72.3 Å². The van der Waals surface area contributed by atoms with Gasteiger partial charge >= 0.3 is 5.97 Å². The van der Waals surface area contributed by atoms with Crippen LogP contribution in [0.25, 0.3) is 0 Å². The second-order valence-electron chi connectivity index (χ2n) is 3.56. The lowest BCUT2D eigenvalue weighted by Gasteiger charge is -2.08. The first-order chi connectivity index (χ1) is 8.58. The molecule has 0 bridgehead atoms. The minimum atomic E-state index is -0.982. The van der Waals surface area contributed by atoms with Gasteiger partial charge in [0.05, 0.1) is 11.8 Å². The van der Waals surface area contributed by atoms with Gasteiger partial charge < -0.3 is 9.84 Å². The zero-order chi connectivity index (χ0) is 13.1. The molecule has 1 aromatic carbocycles. The smallest absolute Gasteiger partial charge is 0.335 e. The summed E-state index contributed by atoms with van der Waals surface area (Å²) in [5.74, 6) is -0.247. The van der Waals surface area contributed by atoms with Crippen molar-refractivity contribution in [1.82, 2.24) is 9.97 Å². The predicted octanol–water partition coefficient (Wildman–Crippen LogP) is 2.93. The van der Waals surface area contributed by atoms with Gasteiger partial charge in [0.1, 0.15) is 17.1 Å². The van der Waals surface area contributed by atoms with Gasteiger partial charge in [0.25, 0.3) is 0 Å². The number of carboxylic acid groups (broad SMARTS) is 1. The number of aryl methyl sites for hydroxylation is 1. The van der Waals surface area contributed by atoms with Crippen molar-refractivity contribution in [3.63, 3.8) is 0 Å². The van der Waals surface area contributed by atoms with Crippen molar-refractivity contribution in [3.05, 3.63) is 46.9 Å². The van der Waals surface area contributed by atoms with Crippen LogP contribution in [0.4, 0.5) is 0 Å². The second-order valence-corrected chi connectivity index (χ2v) is 3.97. The van der Waals surface area contributed by atoms with Crippen molar-refractivity contribution in [2.45, 2.75) is 6.92 Å². The number of rotatable bonds is 3. The van der Waals surface area contributed by atoms with Crippen molar-refractivity contribution in [2.24, 2.45) is 0 Å². The zero-order valence-electron chi connectivity index (χ0n) is 9.42. The number of aromatic nitrogens is 2. The number of hydrogen-bond donors (Lipinski definition) is 1. The van der Waals surface area contributed by atoms with Gasteiger partial charge in [0.15, 0.2) is 0 Å². The number of carboxylic acids is 1. The molecule has 0 fully saturated rings. The van der Waals surface area contributed by atoms with Crippen molar-refractivity contribution in [2.75, 3.05) is 0 Å². The van der Waals surface area contributed by atoms with Gasteiger partial charge in [0.2, 0.25) is 5.88 Å². The van der Waals surface area contributed by atoms with Gasteiger partial charge in [-0.25, -0.2) is 14.8 Å². The van der Waals surface area contributed by atoms with Crippen LogP contribution < -0.4 is 4.74 Å². The molecular formula is C12H9ClN2O3. The Kier molecular flexibility index (Phi) is 3.43. The maximum absolute atomic E-state index is 10.8. The molecule has 0 aliphatic carbocycles. The summed E-state index contributed by atoms with van der Waals surface area (Å²) >= 11 is 5.86. The third-order valence-electron chi connectivity index (χ3n) is 2.26. The Labute approximate surface area is 108 Å². The fourth-order valence-corrected chi connectivity index (χ4v) is 1.52. The van der Waals surface area contributed by atoms with E-state index < -0.39 is 5.97 Å². The molecular weight excluding hydrogens is 256 g/mol. The summed E-state index contributed by atoms with van der Waals surface area (Å²) in [5.41, 5.74) is 0.887. The van der Waals surface area contributed by atoms with E-state index in [-0.39, 0.29) is 11.4 Å². The fraction of sp³-hybridized carbons (Fsp3) is 0.0833. The minimum absolute atomic E-state index is 0.202. The molecule has 0 aliphatic rings. The predicted molar refractivity (Wildman–Crippen MR) is 65.3 cm³/mol. The summed E-state index contributed by atoms with van der Waals surface area (Å²) in [6.07, 6.45) is 2.74. The Morgan fingerprint density at radius 1 is 1.44 bits per heavy atom. The summed E-state index contributed by atoms with van der Waals surface area (Å²) in [7, 11) is 0. The number of benzene rings is 1. The van der Waals surface area contributed by atoms with E-state index in [0.29, 0.717) is 16.3 Å². The first-order valence-electron chi connectivity index (χ1n) is 5.05. The van der Waals surface area contributed by atoms with Crippen LogP contribution in [0.15, 0.2) is 30.7 Å². The van der Waals surface area contributed by atoms with Crippen LogP contribution in [0.2, 0.25) is 5.02 Å². The molecule has 2 aromatic rings. The van der Waals surface area contributed by atoms with Gasteiger partial charge in [0, 0.05) is 0 Å². The molecule has 0 radical (unpaired) electrons. The monoisotopic (exact) mass is 264 g/mol. The number of nitrogens with zero attached hydrogens (tertiary/aromatic N) is 2. The van der Waals surface area contributed by atoms with Gasteiger partial charge in [-0.15, -0.1) is 0 Å². The van der Waals surface area contributed by atoms with Gasteiger partial charge in [-0.2, -0.15) is 0 Å². The lowest BCUT2D eigenvalue weighted by Crippen LogP contribution is -1.98. The molecule has 0 saturated carbocycles. The minimum Gasteiger partial charge on any atom is -0.478 e. The lowest BCUT2D eigenvalue weighted by atomic mass is 10.1. The summed E-state index contributed by atoms with van der Waals surface area (Å²) in [4.78, 5) is 18.4. The van der Waals surface area contributed by atoms with Crippen molar-refractivity contribution in [3.8, 4) is 11.6 Å². The lowest BCUT2D eigenvalue weighted by molar-refractivity contribution is 0.0697. The molecule has 1 N–H and O–H groups in total. The second kappa shape index (κ2) is 5.01. The van der Waals surface area contributed by atoms with Gasteiger partial charge in [-0.05, 0) is 30.7 Å². The van der Waals surface area contributed by atoms with Crippen LogP contribution in [0.1, 0.15) is 15.9 Å². The average Bonchev–Trinajstić information content (AvgIpc) is 2.34. The Balaban J connectivity index is 2.30. The van der Waals surface area contributed by atoms with E-state index in [4.69, 9.17) is 21.4 Å². The number of ether oxygens (including phenoxy) is 1. The number of halogens is 1. The highest BCUT2D eigenvalue weighted by atomic mass is 35.5. The Bertz CT molecular complexity index is 602. The first-order valence-corrected chi connectivity index (χ1v) is 5.43. The highest BCUT2D eigenvalue weighted by Crippen LogP contribution is 2.28. The molecule has 0 spiro atoms. The first kappa shape index (κ1) is 12.3. The number of aromatic carboxylic acids is 1. The van der Waals surface area contributed by atoms with E-state index in [0.717, 1.165) is 0 Å². The molecule has 0 amide bonds. The SMILES string of the molecule is Cc1cc(C(=O)O)ccc1Oc1ncncc1Cl. The van der Waals surface area contributed by atoms with E-state index in [1.807, 2.05) is 0 Å². The molecule has 0 unspecified atom stereocenters. The average molecular weight is 265 g/mol. The molecule has 0 saturated heterocycles. The molecule has 18 heavy (non-hydrogen) atoms. The van der Waals surface area contributed by atoms with E-state index >= 15 is 0 Å². The van der Waals surface area contributed by atoms with E-state index in [1.165, 1.54) is 24.7 Å². The van der Waals surface area contributed by atoms with E-state index in [9.17, 15) is 4.79 Å². The molecule has 0 aliphatic heterocycles. The Hall–Kier alpha value is -2.14. The Morgan fingerprint density at radius 2 is 2.22 bits per heavy atom. The van der Waals surface area contributed by atoms with Crippen molar-refractivity contribution >= 4 is 17.6 Å². The van der Waals surface area contributed by atoms with Crippen LogP contribution >= 0.6 is 11.6 Å². The normalized spacial score (nSPS) is 10.1. The van der Waals surface area contributed by atoms with Crippen LogP contribution in [0.3, 0.4) is 0 Å². The summed E-state index contributed by atoms with van der Waals surface area (Å²) in [6, 6.07) is 4.55. The van der Waals surface area contributed by atoms with E-state index in [2.05, 4.69) is 9.97 Å². The third-order valence-corrected chi connectivity index (χ3v) is 2.52. The van der Waals surface area contributed by atoms with Crippen LogP contribution in [-0.2, 0) is 0 Å². The van der Waals surface area contributed by atoms with Crippen LogP contribution in [-0.4, -0.2) is 21.0 Å². The molecule has 5 nitrogen and oxygen atoms in total. The maximum atomic E-state index is 10.8. The van der Waals surface area contributed by atoms with Gasteiger partial charge in [-0.3, -0.25) is 0 Å². The molecule has 1 heterocycles. The maximum Gasteiger partial charge on any atom is 0.335 e. The van der Waals surface area contributed by atoms with Crippen molar-refractivity contribution < 1.29 is 14.6 Å². The number of hydrogen-bond acceptors (Lipinski definition) is 4. The van der Waals surface area contributed by atoms with Gasteiger partial charge in [-0.1, -0.05) is 11.6 Å². The molecule has 92 valence electrons. The van der Waals surface area contributed by atoms with Crippen LogP contribution in [0, 0.1) is 6.92 Å². The Morgan fingerprint density at radius 3 is 2.83 bits per heavy atom. The standard InChI is InChI=1S/C12H9ClN2O3/c1-7-4-8(12(16)17)2-3-10(7)18-11-9(13)5-14-6-15-11/h2-6H,1H3,(H,16,17). The summed E-state index contributed by atoms with van der Waals surface area (Å²) < 4.78 is 5.50. The quantitative estimate of drug-likeness (QED) is 0.923. The largest absolute Gasteiger partial charge is 0.478 e.